The van der Waals surface area contributed by atoms with Gasteiger partial charge >= 0.3 is 0 Å². The molecule has 138 valence electrons. The molecule has 2 heteroatoms. The molecule has 1 aromatic rings. The minimum absolute atomic E-state index is 0.00353. The Kier molecular flexibility index (Phi) is 10.7. The van der Waals surface area contributed by atoms with Crippen LogP contribution in [0.4, 0.5) is 5.69 Å². The first-order chi connectivity index (χ1) is 12.1. The molecule has 25 heavy (non-hydrogen) atoms. The molecule has 1 aromatic carbocycles. The number of hydrogen-bond acceptors (Lipinski definition) is 2. The first-order valence-corrected chi connectivity index (χ1v) is 9.85. The smallest absolute Gasteiger partial charge is 0.124 e. The van der Waals surface area contributed by atoms with E-state index in [4.69, 9.17) is 0 Å². The van der Waals surface area contributed by atoms with Gasteiger partial charge in [0.05, 0.1) is 5.92 Å². The normalized spacial score (nSPS) is 12.8. The van der Waals surface area contributed by atoms with E-state index in [0.717, 1.165) is 38.4 Å². The molecule has 0 radical (unpaired) electrons. The zero-order chi connectivity index (χ0) is 18.5. The molecule has 0 aromatic heterocycles. The van der Waals surface area contributed by atoms with Crippen LogP contribution in [0.5, 0.6) is 0 Å². The van der Waals surface area contributed by atoms with Crippen LogP contribution >= 0.6 is 0 Å². The van der Waals surface area contributed by atoms with Crippen molar-refractivity contribution in [2.45, 2.75) is 71.1 Å². The van der Waals surface area contributed by atoms with E-state index in [1.165, 1.54) is 30.5 Å². The Morgan fingerprint density at radius 2 is 1.68 bits per heavy atom. The van der Waals surface area contributed by atoms with E-state index >= 15 is 0 Å². The Morgan fingerprint density at radius 1 is 1.00 bits per heavy atom. The quantitative estimate of drug-likeness (QED) is 0.287. The van der Waals surface area contributed by atoms with Crippen molar-refractivity contribution in [2.75, 3.05) is 19.0 Å². The molecular weight excluding hydrogens is 306 g/mol. The SMILES string of the molecule is CCCCC#C[C@@H](c1ccc(N(C)C)cc1)[C@@H](C=O)CCCCCC. The summed E-state index contributed by atoms with van der Waals surface area (Å²) in [5.41, 5.74) is 2.34. The summed E-state index contributed by atoms with van der Waals surface area (Å²) in [6, 6.07) is 8.51. The second-order valence-corrected chi connectivity index (χ2v) is 7.04. The molecule has 2 atom stereocenters. The number of nitrogens with zero attached hydrogens (tertiary/aromatic N) is 1. The third-order valence-corrected chi connectivity index (χ3v) is 4.68. The third kappa shape index (κ3) is 7.78. The lowest BCUT2D eigenvalue weighted by Crippen LogP contribution is -2.14. The minimum Gasteiger partial charge on any atom is -0.378 e. The van der Waals surface area contributed by atoms with E-state index in [9.17, 15) is 4.79 Å². The van der Waals surface area contributed by atoms with Gasteiger partial charge in [0, 0.05) is 32.1 Å². The Morgan fingerprint density at radius 3 is 2.24 bits per heavy atom. The lowest BCUT2D eigenvalue weighted by molar-refractivity contribution is -0.111. The molecule has 0 aliphatic heterocycles. The number of hydrogen-bond donors (Lipinski definition) is 0. The Bertz CT molecular complexity index is 535. The maximum atomic E-state index is 11.8. The summed E-state index contributed by atoms with van der Waals surface area (Å²) < 4.78 is 0. The standard InChI is InChI=1S/C23H35NO/c1-5-7-9-11-13-21(19-25)23(14-12-10-8-6-2)20-15-17-22(18-16-20)24(3)4/h15-19,21,23H,5-11,13H2,1-4H3/t21-,23+/m1/s1. The minimum atomic E-state index is -0.00353. The number of carbonyl (C=O) groups excluding carboxylic acids is 1. The fraction of sp³-hybridized carbons (Fsp3) is 0.609. The highest BCUT2D eigenvalue weighted by Crippen LogP contribution is 2.29. The lowest BCUT2D eigenvalue weighted by Gasteiger charge is -2.20. The van der Waals surface area contributed by atoms with Gasteiger partial charge < -0.3 is 9.69 Å². The summed E-state index contributed by atoms with van der Waals surface area (Å²) in [6.07, 6.45) is 10.1. The highest BCUT2D eigenvalue weighted by Gasteiger charge is 2.21. The highest BCUT2D eigenvalue weighted by molar-refractivity contribution is 5.58. The van der Waals surface area contributed by atoms with Crippen molar-refractivity contribution >= 4 is 12.0 Å². The molecule has 0 spiro atoms. The van der Waals surface area contributed by atoms with Crippen LogP contribution < -0.4 is 4.90 Å². The van der Waals surface area contributed by atoms with Gasteiger partial charge in [-0.1, -0.05) is 64.0 Å². The van der Waals surface area contributed by atoms with Crippen molar-refractivity contribution in [3.63, 3.8) is 0 Å². The summed E-state index contributed by atoms with van der Waals surface area (Å²) in [5, 5.41) is 0. The summed E-state index contributed by atoms with van der Waals surface area (Å²) in [4.78, 5) is 13.9. The van der Waals surface area contributed by atoms with E-state index in [1.54, 1.807) is 0 Å². The summed E-state index contributed by atoms with van der Waals surface area (Å²) in [7, 11) is 4.08. The fourth-order valence-corrected chi connectivity index (χ4v) is 2.98. The second kappa shape index (κ2) is 12.6. The molecule has 0 bridgehead atoms. The van der Waals surface area contributed by atoms with Crippen LogP contribution in [-0.4, -0.2) is 20.4 Å². The number of anilines is 1. The van der Waals surface area contributed by atoms with Gasteiger partial charge in [-0.2, -0.15) is 0 Å². The molecule has 0 saturated carbocycles. The second-order valence-electron chi connectivity index (χ2n) is 7.04. The van der Waals surface area contributed by atoms with Gasteiger partial charge in [-0.05, 0) is 30.5 Å². The first kappa shape index (κ1) is 21.3. The van der Waals surface area contributed by atoms with Gasteiger partial charge in [-0.25, -0.2) is 0 Å². The van der Waals surface area contributed by atoms with Gasteiger partial charge in [0.25, 0.3) is 0 Å². The zero-order valence-corrected chi connectivity index (χ0v) is 16.6. The van der Waals surface area contributed by atoms with Crippen molar-refractivity contribution in [3.8, 4) is 11.8 Å². The maximum Gasteiger partial charge on any atom is 0.124 e. The zero-order valence-electron chi connectivity index (χ0n) is 16.6. The van der Waals surface area contributed by atoms with Crippen LogP contribution in [0.3, 0.4) is 0 Å². The number of benzene rings is 1. The number of aldehydes is 1. The van der Waals surface area contributed by atoms with Crippen LogP contribution in [0.2, 0.25) is 0 Å². The van der Waals surface area contributed by atoms with E-state index < -0.39 is 0 Å². The molecule has 0 saturated heterocycles. The van der Waals surface area contributed by atoms with Crippen LogP contribution in [0.25, 0.3) is 0 Å². The van der Waals surface area contributed by atoms with Crippen molar-refractivity contribution in [1.29, 1.82) is 0 Å². The Balaban J connectivity index is 2.92. The highest BCUT2D eigenvalue weighted by atomic mass is 16.1. The van der Waals surface area contributed by atoms with Crippen molar-refractivity contribution < 1.29 is 4.79 Å². The largest absolute Gasteiger partial charge is 0.378 e. The number of rotatable bonds is 11. The Labute approximate surface area is 155 Å². The number of carbonyl (C=O) groups is 1. The average molecular weight is 342 g/mol. The molecule has 0 fully saturated rings. The van der Waals surface area contributed by atoms with Crippen LogP contribution in [0.15, 0.2) is 24.3 Å². The molecule has 0 heterocycles. The predicted molar refractivity (Wildman–Crippen MR) is 109 cm³/mol. The summed E-state index contributed by atoms with van der Waals surface area (Å²) in [6.45, 7) is 4.40. The van der Waals surface area contributed by atoms with Gasteiger partial charge in [0.2, 0.25) is 0 Å². The van der Waals surface area contributed by atoms with Crippen LogP contribution in [-0.2, 0) is 4.79 Å². The lowest BCUT2D eigenvalue weighted by atomic mass is 9.83. The predicted octanol–water partition coefficient (Wildman–Crippen LogP) is 5.82. The monoisotopic (exact) mass is 341 g/mol. The topological polar surface area (TPSA) is 20.3 Å². The van der Waals surface area contributed by atoms with E-state index in [0.29, 0.717) is 0 Å². The molecule has 0 unspecified atom stereocenters. The molecule has 0 aliphatic rings. The summed E-state index contributed by atoms with van der Waals surface area (Å²) in [5.74, 6) is 6.75. The van der Waals surface area contributed by atoms with E-state index in [-0.39, 0.29) is 11.8 Å². The van der Waals surface area contributed by atoms with Gasteiger partial charge in [0.15, 0.2) is 0 Å². The Hall–Kier alpha value is -1.75. The third-order valence-electron chi connectivity index (χ3n) is 4.68. The van der Waals surface area contributed by atoms with Crippen LogP contribution in [0.1, 0.15) is 76.7 Å². The van der Waals surface area contributed by atoms with Crippen molar-refractivity contribution in [1.82, 2.24) is 0 Å². The number of unbranched alkanes of at least 4 members (excludes halogenated alkanes) is 5. The molecule has 0 amide bonds. The van der Waals surface area contributed by atoms with E-state index in [2.05, 4.69) is 54.9 Å². The van der Waals surface area contributed by atoms with Crippen LogP contribution in [0, 0.1) is 17.8 Å². The van der Waals surface area contributed by atoms with E-state index in [1.807, 2.05) is 14.1 Å². The first-order valence-electron chi connectivity index (χ1n) is 9.85. The molecule has 0 aliphatic carbocycles. The van der Waals surface area contributed by atoms with Gasteiger partial charge in [-0.3, -0.25) is 0 Å². The molecule has 0 N–H and O–H groups in total. The average Bonchev–Trinajstić information content (AvgIpc) is 2.63. The van der Waals surface area contributed by atoms with Crippen molar-refractivity contribution in [2.24, 2.45) is 5.92 Å². The maximum absolute atomic E-state index is 11.8. The molecule has 2 nitrogen and oxygen atoms in total. The molecule has 1 rings (SSSR count). The fourth-order valence-electron chi connectivity index (χ4n) is 2.98. The van der Waals surface area contributed by atoms with Gasteiger partial charge in [0.1, 0.15) is 6.29 Å². The summed E-state index contributed by atoms with van der Waals surface area (Å²) >= 11 is 0. The van der Waals surface area contributed by atoms with Crippen molar-refractivity contribution in [3.05, 3.63) is 29.8 Å². The van der Waals surface area contributed by atoms with Gasteiger partial charge in [-0.15, -0.1) is 5.92 Å². The molecular formula is C23H35NO.